The fraction of sp³-hybridized carbons (Fsp3) is 0.125. The molecule has 0 bridgehead atoms. The maximum Gasteiger partial charge on any atom is 0.0735 e. The Labute approximate surface area is 112 Å². The summed E-state index contributed by atoms with van der Waals surface area (Å²) in [4.78, 5) is 4.40. The summed E-state index contributed by atoms with van der Waals surface area (Å²) in [6.45, 7) is 5.60. The first kappa shape index (κ1) is 12.6. The van der Waals surface area contributed by atoms with Crippen LogP contribution in [0.5, 0.6) is 0 Å². The zero-order chi connectivity index (χ0) is 13.0. The zero-order valence-corrected chi connectivity index (χ0v) is 11.0. The molecule has 90 valence electrons. The Kier molecular flexibility index (Phi) is 3.99. The monoisotopic (exact) mass is 255 g/mol. The Morgan fingerprint density at radius 3 is 2.56 bits per heavy atom. The maximum atomic E-state index is 5.78. The minimum Gasteiger partial charge on any atom is -0.255 e. The number of hydrogen-bond donors (Lipinski definition) is 0. The van der Waals surface area contributed by atoms with E-state index in [0.717, 1.165) is 27.9 Å². The Bertz CT molecular complexity index is 593. The van der Waals surface area contributed by atoms with Gasteiger partial charge in [-0.1, -0.05) is 30.8 Å². The van der Waals surface area contributed by atoms with Gasteiger partial charge < -0.3 is 0 Å². The lowest BCUT2D eigenvalue weighted by atomic mass is 10.0. The highest BCUT2D eigenvalue weighted by Gasteiger charge is 2.02. The molecule has 0 atom stereocenters. The van der Waals surface area contributed by atoms with Crippen molar-refractivity contribution < 1.29 is 0 Å². The van der Waals surface area contributed by atoms with Gasteiger partial charge in [0, 0.05) is 23.7 Å². The fourth-order valence-electron chi connectivity index (χ4n) is 1.78. The number of aromatic nitrogens is 1. The van der Waals surface area contributed by atoms with E-state index in [1.807, 2.05) is 25.3 Å². The molecule has 1 aromatic carbocycles. The van der Waals surface area contributed by atoms with Crippen LogP contribution >= 0.6 is 11.6 Å². The second-order valence-corrected chi connectivity index (χ2v) is 4.37. The molecule has 0 saturated heterocycles. The van der Waals surface area contributed by atoms with Gasteiger partial charge in [0.2, 0.25) is 0 Å². The van der Waals surface area contributed by atoms with Gasteiger partial charge in [0.25, 0.3) is 0 Å². The summed E-state index contributed by atoms with van der Waals surface area (Å²) in [6, 6.07) is 10.3. The molecule has 0 aliphatic heterocycles. The lowest BCUT2D eigenvalue weighted by molar-refractivity contribution is 1.24. The zero-order valence-electron chi connectivity index (χ0n) is 10.3. The van der Waals surface area contributed by atoms with E-state index in [4.69, 9.17) is 11.6 Å². The summed E-state index contributed by atoms with van der Waals surface area (Å²) in [6.07, 6.45) is 3.65. The first-order valence-electron chi connectivity index (χ1n) is 5.72. The highest BCUT2D eigenvalue weighted by Crippen LogP contribution is 2.22. The van der Waals surface area contributed by atoms with E-state index in [-0.39, 0.29) is 0 Å². The van der Waals surface area contributed by atoms with Crippen LogP contribution in [0, 0.1) is 6.92 Å². The summed E-state index contributed by atoms with van der Waals surface area (Å²) in [7, 11) is 0. The van der Waals surface area contributed by atoms with Gasteiger partial charge in [0.15, 0.2) is 0 Å². The minimum atomic E-state index is 0.542. The van der Waals surface area contributed by atoms with Crippen molar-refractivity contribution in [3.05, 3.63) is 65.7 Å². The lowest BCUT2D eigenvalue weighted by Crippen LogP contribution is -1.88. The van der Waals surface area contributed by atoms with Gasteiger partial charge in [-0.3, -0.25) is 4.98 Å². The van der Waals surface area contributed by atoms with Crippen LogP contribution in [0.2, 0.25) is 0 Å². The quantitative estimate of drug-likeness (QED) is 0.577. The van der Waals surface area contributed by atoms with Crippen molar-refractivity contribution in [2.24, 2.45) is 0 Å². The van der Waals surface area contributed by atoms with Crippen LogP contribution in [-0.4, -0.2) is 4.98 Å². The van der Waals surface area contributed by atoms with Crippen LogP contribution in [0.4, 0.5) is 0 Å². The predicted molar refractivity (Wildman–Crippen MR) is 77.6 cm³/mol. The van der Waals surface area contributed by atoms with E-state index >= 15 is 0 Å². The molecule has 18 heavy (non-hydrogen) atoms. The number of pyridine rings is 1. The Hall–Kier alpha value is -1.82. The number of nitrogens with zero attached hydrogens (tertiary/aromatic N) is 1. The van der Waals surface area contributed by atoms with Crippen LogP contribution < -0.4 is 0 Å². The largest absolute Gasteiger partial charge is 0.255 e. The van der Waals surface area contributed by atoms with Gasteiger partial charge in [-0.2, -0.15) is 0 Å². The van der Waals surface area contributed by atoms with Crippen molar-refractivity contribution in [2.45, 2.75) is 12.8 Å². The molecule has 2 aromatic rings. The first-order valence-corrected chi connectivity index (χ1v) is 6.26. The Balaban J connectivity index is 2.38. The second kappa shape index (κ2) is 5.68. The van der Waals surface area contributed by atoms with Gasteiger partial charge in [-0.15, -0.1) is 17.3 Å². The third kappa shape index (κ3) is 2.70. The molecule has 0 unspecified atom stereocenters. The van der Waals surface area contributed by atoms with Crippen molar-refractivity contribution in [1.82, 2.24) is 4.98 Å². The molecular weight excluding hydrogens is 242 g/mol. The molecule has 2 heteroatoms. The molecule has 1 aromatic heterocycles. The third-order valence-electron chi connectivity index (χ3n) is 2.80. The number of alkyl halides is 1. The maximum absolute atomic E-state index is 5.78. The molecule has 0 radical (unpaired) electrons. The molecule has 1 nitrogen and oxygen atoms in total. The van der Waals surface area contributed by atoms with Gasteiger partial charge in [0.1, 0.15) is 0 Å². The normalized spacial score (nSPS) is 9.89. The fourth-order valence-corrected chi connectivity index (χ4v) is 1.96. The highest BCUT2D eigenvalue weighted by atomic mass is 35.5. The van der Waals surface area contributed by atoms with Crippen LogP contribution in [0.3, 0.4) is 0 Å². The topological polar surface area (TPSA) is 12.9 Å². The summed E-state index contributed by atoms with van der Waals surface area (Å²) >= 11 is 5.78. The number of aryl methyl sites for hydroxylation is 1. The average Bonchev–Trinajstić information content (AvgIpc) is 2.41. The molecule has 2 rings (SSSR count). The van der Waals surface area contributed by atoms with Crippen molar-refractivity contribution >= 4 is 17.7 Å². The molecule has 0 N–H and O–H groups in total. The van der Waals surface area contributed by atoms with Crippen LogP contribution in [-0.2, 0) is 5.88 Å². The van der Waals surface area contributed by atoms with Crippen molar-refractivity contribution in [1.29, 1.82) is 0 Å². The van der Waals surface area contributed by atoms with E-state index in [1.165, 1.54) is 0 Å². The second-order valence-electron chi connectivity index (χ2n) is 4.11. The Morgan fingerprint density at radius 1 is 1.28 bits per heavy atom. The summed E-state index contributed by atoms with van der Waals surface area (Å²) in [5.41, 5.74) is 8.15. The third-order valence-corrected chi connectivity index (χ3v) is 3.11. The summed E-state index contributed by atoms with van der Waals surface area (Å²) in [5.74, 6) is 0.542. The first-order chi connectivity index (χ1) is 8.74. The molecule has 0 spiro atoms. The summed E-state index contributed by atoms with van der Waals surface area (Å²) in [5, 5.41) is 0. The molecule has 1 heterocycles. The van der Waals surface area contributed by atoms with Crippen molar-refractivity contribution in [3.63, 3.8) is 0 Å². The number of halogens is 1. The number of rotatable bonds is 3. The van der Waals surface area contributed by atoms with E-state index in [0.29, 0.717) is 5.88 Å². The molecule has 0 aliphatic rings. The van der Waals surface area contributed by atoms with Crippen LogP contribution in [0.1, 0.15) is 16.8 Å². The molecule has 0 saturated carbocycles. The smallest absolute Gasteiger partial charge is 0.0735 e. The number of hydrogen-bond acceptors (Lipinski definition) is 1. The summed E-state index contributed by atoms with van der Waals surface area (Å²) < 4.78 is 0. The van der Waals surface area contributed by atoms with E-state index in [2.05, 4.69) is 35.5 Å². The Morgan fingerprint density at radius 2 is 2.00 bits per heavy atom. The lowest BCUT2D eigenvalue weighted by Gasteiger charge is -2.05. The standard InChI is InChI=1S/C16H14ClN/c1-3-4-16-12(2)9-15(11-18-16)14-7-5-13(10-17)6-8-14/h4-9,11H,1,10H2,2H3. The van der Waals surface area contributed by atoms with Crippen LogP contribution in [0.25, 0.3) is 17.2 Å². The highest BCUT2D eigenvalue weighted by molar-refractivity contribution is 6.17. The van der Waals surface area contributed by atoms with Gasteiger partial charge in [-0.25, -0.2) is 0 Å². The van der Waals surface area contributed by atoms with Gasteiger partial charge in [0.05, 0.1) is 5.69 Å². The molecule has 0 fully saturated rings. The molecule has 0 aliphatic carbocycles. The van der Waals surface area contributed by atoms with E-state index < -0.39 is 0 Å². The van der Waals surface area contributed by atoms with E-state index in [9.17, 15) is 0 Å². The van der Waals surface area contributed by atoms with E-state index in [1.54, 1.807) is 6.08 Å². The van der Waals surface area contributed by atoms with Crippen molar-refractivity contribution in [2.75, 3.05) is 0 Å². The molecular formula is C16H14ClN. The minimum absolute atomic E-state index is 0.542. The van der Waals surface area contributed by atoms with Gasteiger partial charge >= 0.3 is 0 Å². The average molecular weight is 256 g/mol. The number of benzene rings is 1. The SMILES string of the molecule is C=C=Cc1ncc(-c2ccc(CCl)cc2)cc1C. The van der Waals surface area contributed by atoms with Gasteiger partial charge in [-0.05, 0) is 29.7 Å². The predicted octanol–water partition coefficient (Wildman–Crippen LogP) is 4.59. The van der Waals surface area contributed by atoms with Crippen LogP contribution in [0.15, 0.2) is 48.8 Å². The molecule has 0 amide bonds. The van der Waals surface area contributed by atoms with Crippen molar-refractivity contribution in [3.8, 4) is 11.1 Å².